The molecule has 2 unspecified atom stereocenters. The molecule has 1 radical (unpaired) electrons. The Hall–Kier alpha value is -0.106. The zero-order valence-electron chi connectivity index (χ0n) is 9.91. The number of rotatable bonds is 4. The summed E-state index contributed by atoms with van der Waals surface area (Å²) in [4.78, 5) is 4.58. The van der Waals surface area contributed by atoms with Gasteiger partial charge in [-0.05, 0) is 17.3 Å². The molecule has 0 fully saturated rings. The summed E-state index contributed by atoms with van der Waals surface area (Å²) in [6, 6.07) is 18.3. The van der Waals surface area contributed by atoms with E-state index in [9.17, 15) is 0 Å². The smallest absolute Gasteiger partial charge is 0.121 e. The van der Waals surface area contributed by atoms with Crippen LogP contribution in [-0.2, 0) is 43.8 Å². The van der Waals surface area contributed by atoms with Gasteiger partial charge in [0.2, 0.25) is 0 Å². The molecule has 2 atom stereocenters. The van der Waals surface area contributed by atoms with Gasteiger partial charge in [-0.3, -0.25) is 5.26 Å². The molecule has 0 saturated carbocycles. The molecule has 0 bridgehead atoms. The van der Waals surface area contributed by atoms with Gasteiger partial charge in [0.1, 0.15) is 6.10 Å². The first-order valence-corrected chi connectivity index (χ1v) is 6.22. The van der Waals surface area contributed by atoms with Gasteiger partial charge in [-0.25, -0.2) is 4.89 Å². The second kappa shape index (κ2) is 8.14. The van der Waals surface area contributed by atoms with Crippen molar-refractivity contribution in [1.82, 2.24) is 0 Å². The van der Waals surface area contributed by atoms with Crippen LogP contribution in [0.5, 0.6) is 0 Å². The average Bonchev–Trinajstić information content (AvgIpc) is 2.42. The second-order valence-electron chi connectivity index (χ2n) is 3.76. The van der Waals surface area contributed by atoms with Crippen molar-refractivity contribution in [1.29, 1.82) is 0 Å². The van der Waals surface area contributed by atoms with Crippen molar-refractivity contribution >= 4 is 9.24 Å². The Bertz CT molecular complexity index is 459. The van der Waals surface area contributed by atoms with Gasteiger partial charge in [-0.1, -0.05) is 24.3 Å². The molecule has 2 aromatic rings. The Morgan fingerprint density at radius 1 is 1.06 bits per heavy atom. The Balaban J connectivity index is 0.00000162. The van der Waals surface area contributed by atoms with Crippen molar-refractivity contribution in [2.24, 2.45) is 0 Å². The average molecular weight is 334 g/mol. The van der Waals surface area contributed by atoms with E-state index in [-0.39, 0.29) is 32.7 Å². The third-order valence-electron chi connectivity index (χ3n) is 2.67. The molecule has 0 aliphatic carbocycles. The minimum absolute atomic E-state index is 0. The largest absolute Gasteiger partial charge is 0.251 e. The van der Waals surface area contributed by atoms with Crippen molar-refractivity contribution in [3.8, 4) is 0 Å². The van der Waals surface area contributed by atoms with Crippen LogP contribution in [0, 0.1) is 6.07 Å². The van der Waals surface area contributed by atoms with E-state index >= 15 is 0 Å². The van der Waals surface area contributed by atoms with Crippen LogP contribution in [0.3, 0.4) is 0 Å². The Morgan fingerprint density at radius 2 is 1.61 bits per heavy atom. The first-order valence-electron chi connectivity index (χ1n) is 5.40. The van der Waals surface area contributed by atoms with Gasteiger partial charge in [-0.2, -0.15) is 30.3 Å². The van der Waals surface area contributed by atoms with E-state index in [1.54, 1.807) is 12.1 Å². The fourth-order valence-electron chi connectivity index (χ4n) is 1.72. The van der Waals surface area contributed by atoms with Crippen molar-refractivity contribution in [2.75, 3.05) is 0 Å². The normalized spacial score (nSPS) is 11.7. The number of hydrogen-bond acceptors (Lipinski definition) is 2. The molecule has 0 aromatic heterocycles. The van der Waals surface area contributed by atoms with E-state index in [2.05, 4.69) is 20.2 Å². The summed E-state index contributed by atoms with van der Waals surface area (Å²) in [6.07, 6.45) is 0.480. The van der Waals surface area contributed by atoms with Crippen LogP contribution in [0.25, 0.3) is 0 Å². The van der Waals surface area contributed by atoms with Crippen LogP contribution < -0.4 is 0 Å². The molecule has 0 aliphatic heterocycles. The Labute approximate surface area is 135 Å². The molecule has 18 heavy (non-hydrogen) atoms. The van der Waals surface area contributed by atoms with E-state index < -0.39 is 6.10 Å². The second-order valence-corrected chi connectivity index (χ2v) is 4.17. The summed E-state index contributed by atoms with van der Waals surface area (Å²) in [7, 11) is 2.68. The zero-order valence-corrected chi connectivity index (χ0v) is 13.9. The van der Waals surface area contributed by atoms with Gasteiger partial charge in [0.05, 0.1) is 0 Å². The molecule has 2 rings (SSSR count). The van der Waals surface area contributed by atoms with Gasteiger partial charge in [0.25, 0.3) is 0 Å². The van der Waals surface area contributed by atoms with Gasteiger partial charge in [-0.15, -0.1) is 14.8 Å². The molecule has 2 aromatic carbocycles. The third-order valence-corrected chi connectivity index (χ3v) is 3.14. The first-order chi connectivity index (χ1) is 8.35. The monoisotopic (exact) mass is 334 g/mol. The van der Waals surface area contributed by atoms with Crippen molar-refractivity contribution < 1.29 is 42.9 Å². The zero-order chi connectivity index (χ0) is 12.1. The summed E-state index contributed by atoms with van der Waals surface area (Å²) >= 11 is 0. The maximum absolute atomic E-state index is 9.05. The number of benzene rings is 2. The van der Waals surface area contributed by atoms with Crippen LogP contribution >= 0.6 is 9.24 Å². The SMILES string of the molecule is OOC(c1cc[c-]cc1)c1ccc(CP)cc1.[Y]. The van der Waals surface area contributed by atoms with Gasteiger partial charge in [0.15, 0.2) is 0 Å². The van der Waals surface area contributed by atoms with Crippen molar-refractivity contribution in [3.05, 3.63) is 71.3 Å². The topological polar surface area (TPSA) is 29.5 Å². The standard InChI is InChI=1S/C14H14O2P.Y/c15-16-14(12-4-2-1-3-5-12)13-8-6-11(10-17)7-9-13;/h2-9,14-15H,10,17H2;/q-1;. The van der Waals surface area contributed by atoms with Crippen LogP contribution in [0.4, 0.5) is 0 Å². The van der Waals surface area contributed by atoms with Crippen LogP contribution in [-0.4, -0.2) is 5.26 Å². The van der Waals surface area contributed by atoms with E-state index in [0.29, 0.717) is 0 Å². The summed E-state index contributed by atoms with van der Waals surface area (Å²) in [5.74, 6) is 0. The molecule has 0 amide bonds. The molecule has 0 aliphatic rings. The van der Waals surface area contributed by atoms with E-state index in [0.717, 1.165) is 17.3 Å². The summed E-state index contributed by atoms with van der Waals surface area (Å²) in [6.45, 7) is 0. The fraction of sp³-hybridized carbons (Fsp3) is 0.143. The molecule has 0 spiro atoms. The predicted molar refractivity (Wildman–Crippen MR) is 70.7 cm³/mol. The first kappa shape index (κ1) is 15.9. The van der Waals surface area contributed by atoms with Crippen LogP contribution in [0.1, 0.15) is 22.8 Å². The Kier molecular flexibility index (Phi) is 7.21. The summed E-state index contributed by atoms with van der Waals surface area (Å²) < 4.78 is 0. The van der Waals surface area contributed by atoms with E-state index in [1.807, 2.05) is 36.4 Å². The predicted octanol–water partition coefficient (Wildman–Crippen LogP) is 3.44. The molecule has 0 heterocycles. The molecule has 4 heteroatoms. The van der Waals surface area contributed by atoms with Gasteiger partial charge >= 0.3 is 0 Å². The minimum Gasteiger partial charge on any atom is -0.251 e. The maximum Gasteiger partial charge on any atom is 0.121 e. The Morgan fingerprint density at radius 3 is 2.11 bits per heavy atom. The summed E-state index contributed by atoms with van der Waals surface area (Å²) in [5, 5.41) is 9.05. The fourth-order valence-corrected chi connectivity index (χ4v) is 1.99. The van der Waals surface area contributed by atoms with Gasteiger partial charge in [0, 0.05) is 32.7 Å². The molecule has 0 saturated heterocycles. The van der Waals surface area contributed by atoms with Crippen LogP contribution in [0.2, 0.25) is 0 Å². The molecule has 1 N–H and O–H groups in total. The maximum atomic E-state index is 9.05. The molecule has 91 valence electrons. The molecule has 2 nitrogen and oxygen atoms in total. The van der Waals surface area contributed by atoms with E-state index in [1.165, 1.54) is 5.56 Å². The molecular formula is C14H14O2PY-. The minimum atomic E-state index is -0.442. The van der Waals surface area contributed by atoms with Gasteiger partial charge < -0.3 is 0 Å². The summed E-state index contributed by atoms with van der Waals surface area (Å²) in [5.41, 5.74) is 3.07. The van der Waals surface area contributed by atoms with Crippen molar-refractivity contribution in [2.45, 2.75) is 12.3 Å². The van der Waals surface area contributed by atoms with Crippen LogP contribution in [0.15, 0.2) is 48.5 Å². The quantitative estimate of drug-likeness (QED) is 0.402. The third kappa shape index (κ3) is 3.95. The van der Waals surface area contributed by atoms with E-state index in [4.69, 9.17) is 5.26 Å². The van der Waals surface area contributed by atoms with Crippen molar-refractivity contribution in [3.63, 3.8) is 0 Å². The molecular weight excluding hydrogens is 320 g/mol. The number of hydrogen-bond donors (Lipinski definition) is 1.